The third-order valence-corrected chi connectivity index (χ3v) is 5.28. The molecule has 0 fully saturated rings. The van der Waals surface area contributed by atoms with Gasteiger partial charge in [-0.25, -0.2) is 0 Å². The molecule has 0 saturated carbocycles. The highest BCUT2D eigenvalue weighted by Crippen LogP contribution is 2.39. The number of hydrogen-bond acceptors (Lipinski definition) is 1. The Morgan fingerprint density at radius 2 is 1.46 bits per heavy atom. The van der Waals surface area contributed by atoms with Gasteiger partial charge in [-0.2, -0.15) is 0 Å². The largest absolute Gasteiger partial charge is 0.344 e. The SMILES string of the molecule is C=C(C)C(=O)n1c2ccccc2c2ccc3c(c4ccccc4n3C)c21. The first kappa shape index (κ1) is 15.0. The van der Waals surface area contributed by atoms with E-state index in [1.54, 1.807) is 6.92 Å². The van der Waals surface area contributed by atoms with Crippen LogP contribution in [0.25, 0.3) is 43.6 Å². The zero-order chi connectivity index (χ0) is 18.0. The second-order valence-corrected chi connectivity index (χ2v) is 6.87. The minimum Gasteiger partial charge on any atom is -0.344 e. The molecule has 26 heavy (non-hydrogen) atoms. The van der Waals surface area contributed by atoms with Gasteiger partial charge in [0.1, 0.15) is 0 Å². The number of carbonyl (C=O) groups excluding carboxylic acids is 1. The Morgan fingerprint density at radius 3 is 2.19 bits per heavy atom. The molecule has 2 aromatic heterocycles. The van der Waals surface area contributed by atoms with Gasteiger partial charge in [-0.3, -0.25) is 9.36 Å². The minimum atomic E-state index is -0.0587. The maximum absolute atomic E-state index is 13.1. The second-order valence-electron chi connectivity index (χ2n) is 6.87. The molecular weight excluding hydrogens is 320 g/mol. The normalized spacial score (nSPS) is 11.8. The number of benzene rings is 3. The van der Waals surface area contributed by atoms with Crippen LogP contribution >= 0.6 is 0 Å². The smallest absolute Gasteiger partial charge is 0.257 e. The van der Waals surface area contributed by atoms with Crippen LogP contribution in [-0.4, -0.2) is 15.0 Å². The van der Waals surface area contributed by atoms with Gasteiger partial charge in [-0.1, -0.05) is 49.0 Å². The fourth-order valence-corrected chi connectivity index (χ4v) is 4.10. The number of rotatable bonds is 1. The zero-order valence-electron chi connectivity index (χ0n) is 14.8. The third kappa shape index (κ3) is 1.75. The quantitative estimate of drug-likeness (QED) is 0.363. The number of carbonyl (C=O) groups is 1. The van der Waals surface area contributed by atoms with Crippen LogP contribution in [0.5, 0.6) is 0 Å². The van der Waals surface area contributed by atoms with Crippen molar-refractivity contribution in [1.82, 2.24) is 9.13 Å². The van der Waals surface area contributed by atoms with E-state index in [0.29, 0.717) is 5.57 Å². The summed E-state index contributed by atoms with van der Waals surface area (Å²) >= 11 is 0. The highest BCUT2D eigenvalue weighted by Gasteiger charge is 2.21. The first-order chi connectivity index (χ1) is 12.6. The average molecular weight is 338 g/mol. The Morgan fingerprint density at radius 1 is 0.808 bits per heavy atom. The molecule has 3 heteroatoms. The molecule has 5 rings (SSSR count). The van der Waals surface area contributed by atoms with E-state index in [9.17, 15) is 4.79 Å². The molecule has 3 aromatic carbocycles. The van der Waals surface area contributed by atoms with Gasteiger partial charge in [0, 0.05) is 39.7 Å². The Hall–Kier alpha value is -3.33. The van der Waals surface area contributed by atoms with Gasteiger partial charge in [-0.15, -0.1) is 0 Å². The van der Waals surface area contributed by atoms with E-state index in [1.807, 2.05) is 34.9 Å². The summed E-state index contributed by atoms with van der Waals surface area (Å²) in [6, 6.07) is 20.7. The van der Waals surface area contributed by atoms with Crippen LogP contribution < -0.4 is 0 Å². The molecule has 0 radical (unpaired) electrons. The van der Waals surface area contributed by atoms with Crippen molar-refractivity contribution < 1.29 is 4.79 Å². The summed E-state index contributed by atoms with van der Waals surface area (Å²) in [5.41, 5.74) is 4.71. The van der Waals surface area contributed by atoms with Crippen LogP contribution in [0.4, 0.5) is 0 Å². The zero-order valence-corrected chi connectivity index (χ0v) is 14.8. The van der Waals surface area contributed by atoms with Crippen LogP contribution in [-0.2, 0) is 7.05 Å². The van der Waals surface area contributed by atoms with E-state index in [0.717, 1.165) is 43.6 Å². The Labute approximate surface area is 150 Å². The van der Waals surface area contributed by atoms with Crippen LogP contribution in [0.1, 0.15) is 11.7 Å². The number of aryl methyl sites for hydroxylation is 1. The topological polar surface area (TPSA) is 26.9 Å². The molecule has 5 aromatic rings. The molecule has 0 saturated heterocycles. The molecule has 0 bridgehead atoms. The predicted octanol–water partition coefficient (Wildman–Crippen LogP) is 5.66. The van der Waals surface area contributed by atoms with Crippen LogP contribution in [0.15, 0.2) is 72.8 Å². The van der Waals surface area contributed by atoms with Gasteiger partial charge < -0.3 is 4.57 Å². The number of aromatic nitrogens is 2. The predicted molar refractivity (Wildman–Crippen MR) is 109 cm³/mol. The lowest BCUT2D eigenvalue weighted by Crippen LogP contribution is -2.10. The Bertz CT molecular complexity index is 1380. The lowest BCUT2D eigenvalue weighted by atomic mass is 10.1. The molecule has 126 valence electrons. The molecular formula is C23H18N2O. The first-order valence-corrected chi connectivity index (χ1v) is 8.69. The van der Waals surface area contributed by atoms with Crippen molar-refractivity contribution in [3.63, 3.8) is 0 Å². The van der Waals surface area contributed by atoms with Gasteiger partial charge >= 0.3 is 0 Å². The van der Waals surface area contributed by atoms with Crippen LogP contribution in [0, 0.1) is 0 Å². The van der Waals surface area contributed by atoms with E-state index >= 15 is 0 Å². The summed E-state index contributed by atoms with van der Waals surface area (Å²) < 4.78 is 4.03. The van der Waals surface area contributed by atoms with Gasteiger partial charge in [0.05, 0.1) is 16.6 Å². The molecule has 0 aliphatic carbocycles. The van der Waals surface area contributed by atoms with Crippen molar-refractivity contribution in [1.29, 1.82) is 0 Å². The molecule has 0 aliphatic heterocycles. The van der Waals surface area contributed by atoms with E-state index in [1.165, 1.54) is 0 Å². The highest BCUT2D eigenvalue weighted by atomic mass is 16.2. The summed E-state index contributed by atoms with van der Waals surface area (Å²) in [6.07, 6.45) is 0. The van der Waals surface area contributed by atoms with Crippen molar-refractivity contribution in [3.8, 4) is 0 Å². The average Bonchev–Trinajstić information content (AvgIpc) is 3.14. The number of nitrogens with zero attached hydrogens (tertiary/aromatic N) is 2. The first-order valence-electron chi connectivity index (χ1n) is 8.69. The van der Waals surface area contributed by atoms with E-state index in [2.05, 4.69) is 48.5 Å². The molecule has 0 amide bonds. The lowest BCUT2D eigenvalue weighted by Gasteiger charge is -2.07. The molecule has 2 heterocycles. The van der Waals surface area contributed by atoms with Gasteiger partial charge in [0.15, 0.2) is 0 Å². The van der Waals surface area contributed by atoms with Crippen molar-refractivity contribution in [2.45, 2.75) is 6.92 Å². The van der Waals surface area contributed by atoms with Crippen LogP contribution in [0.2, 0.25) is 0 Å². The third-order valence-electron chi connectivity index (χ3n) is 5.28. The number of allylic oxidation sites excluding steroid dienone is 1. The molecule has 0 aliphatic rings. The summed E-state index contributed by atoms with van der Waals surface area (Å²) in [5, 5.41) is 4.46. The summed E-state index contributed by atoms with van der Waals surface area (Å²) in [4.78, 5) is 13.1. The maximum atomic E-state index is 13.1. The molecule has 0 N–H and O–H groups in total. The summed E-state index contributed by atoms with van der Waals surface area (Å²) in [6.45, 7) is 5.67. The van der Waals surface area contributed by atoms with Crippen molar-refractivity contribution in [2.75, 3.05) is 0 Å². The summed E-state index contributed by atoms with van der Waals surface area (Å²) in [5.74, 6) is -0.0587. The van der Waals surface area contributed by atoms with Crippen molar-refractivity contribution in [2.24, 2.45) is 7.05 Å². The van der Waals surface area contributed by atoms with Gasteiger partial charge in [0.25, 0.3) is 5.91 Å². The van der Waals surface area contributed by atoms with Crippen molar-refractivity contribution in [3.05, 3.63) is 72.8 Å². The monoisotopic (exact) mass is 338 g/mol. The minimum absolute atomic E-state index is 0.0587. The second kappa shape index (κ2) is 5.09. The van der Waals surface area contributed by atoms with Gasteiger partial charge in [0.2, 0.25) is 0 Å². The molecule has 0 atom stereocenters. The Kier molecular flexibility index (Phi) is 2.93. The Balaban J connectivity index is 2.16. The molecule has 3 nitrogen and oxygen atoms in total. The standard InChI is InChI=1S/C23H18N2O/c1-14(2)23(26)25-19-11-7-4-8-15(19)16-12-13-20-21(22(16)25)17-9-5-6-10-18(17)24(20)3/h4-13H,1H2,2-3H3. The van der Waals surface area contributed by atoms with Crippen molar-refractivity contribution >= 4 is 49.5 Å². The number of hydrogen-bond donors (Lipinski definition) is 0. The number of para-hydroxylation sites is 2. The highest BCUT2D eigenvalue weighted by molar-refractivity contribution is 6.28. The molecule has 0 spiro atoms. The van der Waals surface area contributed by atoms with Gasteiger partial charge in [-0.05, 0) is 25.1 Å². The van der Waals surface area contributed by atoms with E-state index in [4.69, 9.17) is 0 Å². The molecule has 0 unspecified atom stereocenters. The number of fused-ring (bicyclic) bond motifs is 7. The summed E-state index contributed by atoms with van der Waals surface area (Å²) in [7, 11) is 2.07. The fourth-order valence-electron chi connectivity index (χ4n) is 4.10. The van der Waals surface area contributed by atoms with E-state index in [-0.39, 0.29) is 5.91 Å². The maximum Gasteiger partial charge on any atom is 0.257 e. The fraction of sp³-hybridized carbons (Fsp3) is 0.0870. The van der Waals surface area contributed by atoms with Crippen LogP contribution in [0.3, 0.4) is 0 Å². The van der Waals surface area contributed by atoms with E-state index < -0.39 is 0 Å². The lowest BCUT2D eigenvalue weighted by molar-refractivity contribution is 0.0965.